The standard InChI is InChI=1S/C25H30ClFN4O/c1-23(2)13-20(16-9-7-14(26)11-17(16)23)29-15-8-10-19(27)18(12-15)25(5)24(3,4)21(32)31(6)22(28)30-25/h7-12,20,29H,13H2,1-6H3,(H2,28,30). The number of hydrogen-bond acceptors (Lipinski definition) is 4. The zero-order chi connectivity index (χ0) is 23.6. The van der Waals surface area contributed by atoms with Gasteiger partial charge in [-0.05, 0) is 74.1 Å². The van der Waals surface area contributed by atoms with E-state index in [0.717, 1.165) is 17.1 Å². The van der Waals surface area contributed by atoms with E-state index in [1.165, 1.54) is 22.1 Å². The van der Waals surface area contributed by atoms with Gasteiger partial charge in [0.1, 0.15) is 11.4 Å². The largest absolute Gasteiger partial charge is 0.378 e. The highest BCUT2D eigenvalue weighted by molar-refractivity contribution is 6.30. The van der Waals surface area contributed by atoms with E-state index in [1.54, 1.807) is 40.0 Å². The lowest BCUT2D eigenvalue weighted by molar-refractivity contribution is -0.140. The van der Waals surface area contributed by atoms with Crippen LogP contribution in [0.4, 0.5) is 10.1 Å². The lowest BCUT2D eigenvalue weighted by Gasteiger charge is -2.46. The highest BCUT2D eigenvalue weighted by Crippen LogP contribution is 2.49. The molecule has 5 nitrogen and oxygen atoms in total. The second-order valence-corrected chi connectivity index (χ2v) is 10.7. The number of carbonyl (C=O) groups is 1. The molecule has 170 valence electrons. The van der Waals surface area contributed by atoms with Gasteiger partial charge in [0.05, 0.1) is 11.5 Å². The fourth-order valence-electron chi connectivity index (χ4n) is 5.04. The van der Waals surface area contributed by atoms with E-state index in [1.807, 2.05) is 12.1 Å². The summed E-state index contributed by atoms with van der Waals surface area (Å²) in [6.45, 7) is 9.72. The summed E-state index contributed by atoms with van der Waals surface area (Å²) in [5.74, 6) is -0.537. The number of benzene rings is 2. The first-order valence-corrected chi connectivity index (χ1v) is 11.2. The van der Waals surface area contributed by atoms with Crippen molar-refractivity contribution in [2.24, 2.45) is 16.1 Å². The number of aliphatic imine (C=N–C) groups is 1. The molecule has 0 fully saturated rings. The molecule has 1 amide bonds. The van der Waals surface area contributed by atoms with E-state index in [-0.39, 0.29) is 23.3 Å². The number of rotatable bonds is 3. The normalized spacial score (nSPS) is 26.0. The van der Waals surface area contributed by atoms with Gasteiger partial charge in [0.2, 0.25) is 5.91 Å². The molecular formula is C25H30ClFN4O. The number of fused-ring (bicyclic) bond motifs is 1. The number of amides is 1. The molecule has 2 atom stereocenters. The molecule has 2 aliphatic rings. The molecule has 0 saturated carbocycles. The zero-order valence-corrected chi connectivity index (χ0v) is 20.1. The number of hydrogen-bond donors (Lipinski definition) is 2. The Morgan fingerprint density at radius 3 is 2.50 bits per heavy atom. The van der Waals surface area contributed by atoms with Crippen LogP contribution in [0.3, 0.4) is 0 Å². The van der Waals surface area contributed by atoms with Crippen LogP contribution in [0.5, 0.6) is 0 Å². The van der Waals surface area contributed by atoms with Gasteiger partial charge in [-0.15, -0.1) is 0 Å². The van der Waals surface area contributed by atoms with Crippen molar-refractivity contribution in [3.63, 3.8) is 0 Å². The average Bonchev–Trinajstić information content (AvgIpc) is 2.96. The summed E-state index contributed by atoms with van der Waals surface area (Å²) in [5, 5.41) is 4.29. The number of nitrogens with zero attached hydrogens (tertiary/aromatic N) is 2. The highest BCUT2D eigenvalue weighted by Gasteiger charge is 2.54. The van der Waals surface area contributed by atoms with Crippen LogP contribution in [0.1, 0.15) is 63.8 Å². The quantitative estimate of drug-likeness (QED) is 0.654. The van der Waals surface area contributed by atoms with Crippen molar-refractivity contribution in [3.05, 3.63) is 63.9 Å². The van der Waals surface area contributed by atoms with Gasteiger partial charge < -0.3 is 11.1 Å². The third-order valence-corrected chi connectivity index (χ3v) is 7.64. The molecule has 0 bridgehead atoms. The van der Waals surface area contributed by atoms with E-state index in [4.69, 9.17) is 17.3 Å². The molecule has 2 aromatic rings. The van der Waals surface area contributed by atoms with E-state index in [0.29, 0.717) is 5.56 Å². The van der Waals surface area contributed by atoms with Gasteiger partial charge in [-0.25, -0.2) is 9.38 Å². The second kappa shape index (κ2) is 7.20. The summed E-state index contributed by atoms with van der Waals surface area (Å²) < 4.78 is 15.1. The molecule has 1 aliphatic carbocycles. The van der Waals surface area contributed by atoms with Gasteiger partial charge in [-0.1, -0.05) is 31.5 Å². The number of guanidine groups is 1. The van der Waals surface area contributed by atoms with Crippen molar-refractivity contribution in [1.82, 2.24) is 4.90 Å². The molecule has 0 radical (unpaired) electrons. The highest BCUT2D eigenvalue weighted by atomic mass is 35.5. The van der Waals surface area contributed by atoms with Crippen LogP contribution in [-0.4, -0.2) is 23.8 Å². The summed E-state index contributed by atoms with van der Waals surface area (Å²) in [6, 6.07) is 10.9. The van der Waals surface area contributed by atoms with Gasteiger partial charge in [0, 0.05) is 23.3 Å². The van der Waals surface area contributed by atoms with Crippen LogP contribution in [0.15, 0.2) is 41.4 Å². The third kappa shape index (κ3) is 3.27. The topological polar surface area (TPSA) is 70.7 Å². The lowest BCUT2D eigenvalue weighted by Crippen LogP contribution is -2.58. The second-order valence-electron chi connectivity index (χ2n) is 10.2. The van der Waals surface area contributed by atoms with Crippen molar-refractivity contribution in [2.45, 2.75) is 58.0 Å². The van der Waals surface area contributed by atoms with Gasteiger partial charge in [0.15, 0.2) is 5.96 Å². The number of nitrogens with two attached hydrogens (primary N) is 1. The smallest absolute Gasteiger partial charge is 0.237 e. The molecule has 0 saturated heterocycles. The number of halogens is 2. The van der Waals surface area contributed by atoms with Crippen LogP contribution >= 0.6 is 11.6 Å². The minimum Gasteiger partial charge on any atom is -0.378 e. The number of anilines is 1. The molecular weight excluding hydrogens is 427 g/mol. The van der Waals surface area contributed by atoms with Crippen LogP contribution in [0.2, 0.25) is 5.02 Å². The molecule has 3 N–H and O–H groups in total. The fraction of sp³-hybridized carbons (Fsp3) is 0.440. The summed E-state index contributed by atoms with van der Waals surface area (Å²) in [4.78, 5) is 18.9. The summed E-state index contributed by atoms with van der Waals surface area (Å²) in [6.07, 6.45) is 0.881. The maximum absolute atomic E-state index is 15.1. The van der Waals surface area contributed by atoms with Crippen LogP contribution < -0.4 is 11.1 Å². The number of carbonyl (C=O) groups excluding carboxylic acids is 1. The Balaban J connectivity index is 1.75. The predicted molar refractivity (Wildman–Crippen MR) is 127 cm³/mol. The first kappa shape index (κ1) is 22.6. The SMILES string of the molecule is CN1C(=O)C(C)(C)C(C)(c2cc(NC3CC(C)(C)c4cc(Cl)ccc43)ccc2F)N=C1N. The number of nitrogens with one attached hydrogen (secondary N) is 1. The minimum absolute atomic E-state index is 0.0339. The van der Waals surface area contributed by atoms with E-state index < -0.39 is 16.8 Å². The first-order valence-electron chi connectivity index (χ1n) is 10.8. The van der Waals surface area contributed by atoms with Crippen LogP contribution in [0, 0.1) is 11.2 Å². The monoisotopic (exact) mass is 456 g/mol. The Hall–Kier alpha value is -2.60. The van der Waals surface area contributed by atoms with Crippen molar-refractivity contribution in [2.75, 3.05) is 12.4 Å². The molecule has 7 heteroatoms. The maximum Gasteiger partial charge on any atom is 0.237 e. The molecule has 0 spiro atoms. The Labute approximate surface area is 193 Å². The minimum atomic E-state index is -1.15. The molecule has 1 aliphatic heterocycles. The summed E-state index contributed by atoms with van der Waals surface area (Å²) in [5.41, 5.74) is 7.37. The predicted octanol–water partition coefficient (Wildman–Crippen LogP) is 5.34. The zero-order valence-electron chi connectivity index (χ0n) is 19.4. The van der Waals surface area contributed by atoms with Gasteiger partial charge in [-0.3, -0.25) is 9.69 Å². The maximum atomic E-state index is 15.1. The van der Waals surface area contributed by atoms with Crippen LogP contribution in [0.25, 0.3) is 0 Å². The fourth-order valence-corrected chi connectivity index (χ4v) is 5.21. The molecule has 0 aromatic heterocycles. The average molecular weight is 457 g/mol. The third-order valence-electron chi connectivity index (χ3n) is 7.40. The molecule has 1 heterocycles. The first-order chi connectivity index (χ1) is 14.8. The van der Waals surface area contributed by atoms with Crippen molar-refractivity contribution >= 4 is 29.2 Å². The lowest BCUT2D eigenvalue weighted by atomic mass is 9.67. The van der Waals surface area contributed by atoms with Gasteiger partial charge in [-0.2, -0.15) is 0 Å². The molecule has 2 aromatic carbocycles. The van der Waals surface area contributed by atoms with Crippen LogP contribution in [-0.2, 0) is 15.7 Å². The Morgan fingerprint density at radius 1 is 1.12 bits per heavy atom. The van der Waals surface area contributed by atoms with E-state index >= 15 is 4.39 Å². The Bertz CT molecular complexity index is 1140. The summed E-state index contributed by atoms with van der Waals surface area (Å²) >= 11 is 6.24. The van der Waals surface area contributed by atoms with Gasteiger partial charge in [0.25, 0.3) is 0 Å². The van der Waals surface area contributed by atoms with Crippen molar-refractivity contribution in [1.29, 1.82) is 0 Å². The summed E-state index contributed by atoms with van der Waals surface area (Å²) in [7, 11) is 1.59. The van der Waals surface area contributed by atoms with E-state index in [2.05, 4.69) is 30.2 Å². The van der Waals surface area contributed by atoms with Crippen molar-refractivity contribution in [3.8, 4) is 0 Å². The Morgan fingerprint density at radius 2 is 1.81 bits per heavy atom. The molecule has 2 unspecified atom stereocenters. The molecule has 32 heavy (non-hydrogen) atoms. The van der Waals surface area contributed by atoms with Crippen molar-refractivity contribution < 1.29 is 9.18 Å². The molecule has 4 rings (SSSR count). The Kier molecular flexibility index (Phi) is 5.09. The van der Waals surface area contributed by atoms with Gasteiger partial charge >= 0.3 is 0 Å². The van der Waals surface area contributed by atoms with E-state index in [9.17, 15) is 4.79 Å².